The Kier molecular flexibility index (Phi) is 4.77. The summed E-state index contributed by atoms with van der Waals surface area (Å²) in [5.74, 6) is -1.37. The molecule has 0 saturated carbocycles. The Morgan fingerprint density at radius 2 is 1.67 bits per heavy atom. The van der Waals surface area contributed by atoms with E-state index in [0.717, 1.165) is 6.07 Å². The van der Waals surface area contributed by atoms with Gasteiger partial charge in [0.25, 0.3) is 5.91 Å². The fraction of sp³-hybridized carbons (Fsp3) is 0. The van der Waals surface area contributed by atoms with Crippen molar-refractivity contribution in [3.8, 4) is 0 Å². The number of thiocarbonyl (C=S) groups is 1. The number of halogens is 3. The predicted octanol–water partition coefficient (Wildman–Crippen LogP) is 4.02. The molecule has 21 heavy (non-hydrogen) atoms. The van der Waals surface area contributed by atoms with E-state index in [-0.39, 0.29) is 15.6 Å². The molecule has 0 spiro atoms. The van der Waals surface area contributed by atoms with E-state index in [9.17, 15) is 9.18 Å². The molecular formula is C14H9Cl2FN2OS. The highest BCUT2D eigenvalue weighted by Crippen LogP contribution is 2.23. The number of hydrogen-bond donors (Lipinski definition) is 2. The van der Waals surface area contributed by atoms with Gasteiger partial charge in [-0.25, -0.2) is 4.39 Å². The highest BCUT2D eigenvalue weighted by molar-refractivity contribution is 7.80. The van der Waals surface area contributed by atoms with Crippen molar-refractivity contribution in [1.82, 2.24) is 0 Å². The van der Waals surface area contributed by atoms with Crippen molar-refractivity contribution < 1.29 is 9.18 Å². The Balaban J connectivity index is 2.35. The van der Waals surface area contributed by atoms with Gasteiger partial charge in [0.1, 0.15) is 10.8 Å². The number of rotatable bonds is 3. The second kappa shape index (κ2) is 6.39. The van der Waals surface area contributed by atoms with E-state index in [1.54, 1.807) is 12.1 Å². The van der Waals surface area contributed by atoms with Crippen molar-refractivity contribution in [3.05, 3.63) is 63.4 Å². The number of nitrogens with two attached hydrogens (primary N) is 1. The van der Waals surface area contributed by atoms with Crippen LogP contribution in [-0.4, -0.2) is 10.9 Å². The van der Waals surface area contributed by atoms with E-state index >= 15 is 0 Å². The number of benzene rings is 2. The zero-order valence-electron chi connectivity index (χ0n) is 10.5. The minimum atomic E-state index is -0.723. The van der Waals surface area contributed by atoms with Crippen molar-refractivity contribution in [1.29, 1.82) is 0 Å². The highest BCUT2D eigenvalue weighted by atomic mass is 35.5. The molecule has 0 aliphatic rings. The van der Waals surface area contributed by atoms with E-state index in [2.05, 4.69) is 5.32 Å². The molecule has 0 atom stereocenters. The summed E-state index contributed by atoms with van der Waals surface area (Å²) in [6, 6.07) is 8.43. The lowest BCUT2D eigenvalue weighted by Gasteiger charge is -2.11. The predicted molar refractivity (Wildman–Crippen MR) is 86.7 cm³/mol. The Morgan fingerprint density at radius 1 is 1.10 bits per heavy atom. The van der Waals surface area contributed by atoms with E-state index in [1.165, 1.54) is 18.2 Å². The smallest absolute Gasteiger partial charge is 0.258 e. The SMILES string of the molecule is NC(=S)c1ccc(Cl)cc1NC(=O)c1ccc(Cl)cc1F. The summed E-state index contributed by atoms with van der Waals surface area (Å²) in [7, 11) is 0. The lowest BCUT2D eigenvalue weighted by Crippen LogP contribution is -2.18. The van der Waals surface area contributed by atoms with Gasteiger partial charge in [0.15, 0.2) is 0 Å². The largest absolute Gasteiger partial charge is 0.389 e. The third-order valence-electron chi connectivity index (χ3n) is 2.67. The van der Waals surface area contributed by atoms with Crippen molar-refractivity contribution >= 4 is 52.0 Å². The van der Waals surface area contributed by atoms with Crippen LogP contribution in [0.5, 0.6) is 0 Å². The fourth-order valence-corrected chi connectivity index (χ4v) is 2.21. The van der Waals surface area contributed by atoms with Gasteiger partial charge >= 0.3 is 0 Å². The number of nitrogens with one attached hydrogen (secondary N) is 1. The van der Waals surface area contributed by atoms with Crippen LogP contribution in [0.15, 0.2) is 36.4 Å². The zero-order chi connectivity index (χ0) is 15.6. The van der Waals surface area contributed by atoms with Gasteiger partial charge in [0.2, 0.25) is 0 Å². The molecule has 0 aliphatic heterocycles. The van der Waals surface area contributed by atoms with Gasteiger partial charge in [-0.2, -0.15) is 0 Å². The number of carbonyl (C=O) groups excluding carboxylic acids is 1. The van der Waals surface area contributed by atoms with Crippen LogP contribution in [0.3, 0.4) is 0 Å². The second-order valence-electron chi connectivity index (χ2n) is 4.13. The van der Waals surface area contributed by atoms with Crippen molar-refractivity contribution in [2.75, 3.05) is 5.32 Å². The Morgan fingerprint density at radius 3 is 2.24 bits per heavy atom. The van der Waals surface area contributed by atoms with Crippen LogP contribution in [0.4, 0.5) is 10.1 Å². The number of anilines is 1. The minimum Gasteiger partial charge on any atom is -0.389 e. The maximum atomic E-state index is 13.7. The first kappa shape index (κ1) is 15.7. The lowest BCUT2D eigenvalue weighted by atomic mass is 10.1. The van der Waals surface area contributed by atoms with Crippen molar-refractivity contribution in [3.63, 3.8) is 0 Å². The molecule has 3 nitrogen and oxygen atoms in total. The van der Waals surface area contributed by atoms with Crippen LogP contribution in [0.25, 0.3) is 0 Å². The molecular weight excluding hydrogens is 334 g/mol. The third-order valence-corrected chi connectivity index (χ3v) is 3.36. The maximum absolute atomic E-state index is 13.7. The average molecular weight is 343 g/mol. The molecule has 0 unspecified atom stereocenters. The first-order valence-corrected chi connectivity index (χ1v) is 6.90. The molecule has 0 bridgehead atoms. The monoisotopic (exact) mass is 342 g/mol. The molecule has 2 rings (SSSR count). The van der Waals surface area contributed by atoms with E-state index in [4.69, 9.17) is 41.2 Å². The topological polar surface area (TPSA) is 55.1 Å². The van der Waals surface area contributed by atoms with Crippen LogP contribution >= 0.6 is 35.4 Å². The minimum absolute atomic E-state index is 0.0959. The molecule has 1 amide bonds. The molecule has 0 fully saturated rings. The standard InChI is InChI=1S/C14H9Cl2FN2OS/c15-7-1-3-9(11(17)5-7)14(20)19-12-6-8(16)2-4-10(12)13(18)21/h1-6H,(H2,18,21)(H,19,20). The summed E-state index contributed by atoms with van der Waals surface area (Å²) >= 11 is 16.4. The van der Waals surface area contributed by atoms with Crippen LogP contribution < -0.4 is 11.1 Å². The number of hydrogen-bond acceptors (Lipinski definition) is 2. The zero-order valence-corrected chi connectivity index (χ0v) is 12.8. The van der Waals surface area contributed by atoms with Gasteiger partial charge < -0.3 is 11.1 Å². The quantitative estimate of drug-likeness (QED) is 0.828. The normalized spacial score (nSPS) is 10.2. The van der Waals surface area contributed by atoms with Crippen LogP contribution in [-0.2, 0) is 0 Å². The summed E-state index contributed by atoms with van der Waals surface area (Å²) in [6.45, 7) is 0. The van der Waals surface area contributed by atoms with Gasteiger partial charge in [-0.3, -0.25) is 4.79 Å². The summed E-state index contributed by atoms with van der Waals surface area (Å²) in [4.78, 5) is 12.2. The number of amides is 1. The molecule has 0 radical (unpaired) electrons. The third kappa shape index (κ3) is 3.69. The Hall–Kier alpha value is -1.69. The van der Waals surface area contributed by atoms with Gasteiger partial charge in [0.05, 0.1) is 11.3 Å². The van der Waals surface area contributed by atoms with Gasteiger partial charge in [0, 0.05) is 15.6 Å². The molecule has 3 N–H and O–H groups in total. The van der Waals surface area contributed by atoms with Crippen molar-refractivity contribution in [2.45, 2.75) is 0 Å². The summed E-state index contributed by atoms with van der Waals surface area (Å²) < 4.78 is 13.7. The van der Waals surface area contributed by atoms with Crippen molar-refractivity contribution in [2.24, 2.45) is 5.73 Å². The summed E-state index contributed by atoms with van der Waals surface area (Å²) in [5.41, 5.74) is 6.19. The maximum Gasteiger partial charge on any atom is 0.258 e. The van der Waals surface area contributed by atoms with Crippen LogP contribution in [0.2, 0.25) is 10.0 Å². The second-order valence-corrected chi connectivity index (χ2v) is 5.45. The summed E-state index contributed by atoms with van der Waals surface area (Å²) in [6.07, 6.45) is 0. The molecule has 0 heterocycles. The van der Waals surface area contributed by atoms with E-state index < -0.39 is 11.7 Å². The highest BCUT2D eigenvalue weighted by Gasteiger charge is 2.15. The van der Waals surface area contributed by atoms with Crippen LogP contribution in [0.1, 0.15) is 15.9 Å². The molecule has 108 valence electrons. The molecule has 0 aromatic heterocycles. The van der Waals surface area contributed by atoms with Gasteiger partial charge in [-0.1, -0.05) is 35.4 Å². The molecule has 2 aromatic carbocycles. The fourth-order valence-electron chi connectivity index (χ4n) is 1.70. The van der Waals surface area contributed by atoms with Gasteiger partial charge in [-0.15, -0.1) is 0 Å². The number of carbonyl (C=O) groups is 1. The van der Waals surface area contributed by atoms with E-state index in [0.29, 0.717) is 16.3 Å². The molecule has 0 saturated heterocycles. The first-order chi connectivity index (χ1) is 9.88. The van der Waals surface area contributed by atoms with Crippen LogP contribution in [0, 0.1) is 5.82 Å². The molecule has 7 heteroatoms. The molecule has 2 aromatic rings. The lowest BCUT2D eigenvalue weighted by molar-refractivity contribution is 0.102. The Bertz CT molecular complexity index is 737. The van der Waals surface area contributed by atoms with Gasteiger partial charge in [-0.05, 0) is 36.4 Å². The summed E-state index contributed by atoms with van der Waals surface area (Å²) in [5, 5.41) is 3.13. The first-order valence-electron chi connectivity index (χ1n) is 5.74. The molecule has 0 aliphatic carbocycles. The Labute approximate surface area is 135 Å². The van der Waals surface area contributed by atoms with E-state index in [1.807, 2.05) is 0 Å². The average Bonchev–Trinajstić information content (AvgIpc) is 2.37.